The number of hydrogen-bond donors (Lipinski definition) is 0. The van der Waals surface area contributed by atoms with Gasteiger partial charge in [0.25, 0.3) is 0 Å². The van der Waals surface area contributed by atoms with Crippen LogP contribution >= 0.6 is 45.8 Å². The predicted octanol–water partition coefficient (Wildman–Crippen LogP) is 8.90. The molecule has 0 radical (unpaired) electrons. The maximum Gasteiger partial charge on any atom is 0.307 e. The lowest BCUT2D eigenvalue weighted by Crippen LogP contribution is -1.94. The summed E-state index contributed by atoms with van der Waals surface area (Å²) in [6, 6.07) is 13.4. The monoisotopic (exact) mass is 806 g/mol. The molecule has 0 saturated carbocycles. The van der Waals surface area contributed by atoms with Crippen molar-refractivity contribution in [1.29, 1.82) is 0 Å². The maximum absolute atomic E-state index is 14.2. The molecule has 0 unspecified atom stereocenters. The second kappa shape index (κ2) is 14.1. The van der Waals surface area contributed by atoms with E-state index >= 15 is 0 Å². The first-order valence-corrected chi connectivity index (χ1v) is 15.4. The van der Waals surface area contributed by atoms with Crippen LogP contribution in [0.4, 0.5) is 17.6 Å². The van der Waals surface area contributed by atoms with Crippen molar-refractivity contribution < 1.29 is 26.4 Å². The number of benzene rings is 2. The molecule has 0 N–H and O–H groups in total. The molecule has 6 aromatic heterocycles. The van der Waals surface area contributed by atoms with E-state index < -0.39 is 23.3 Å². The summed E-state index contributed by atoms with van der Waals surface area (Å²) >= 11 is 13.2. The summed E-state index contributed by atoms with van der Waals surface area (Å²) in [6.07, 6.45) is 6.25. The molecule has 10 nitrogen and oxygen atoms in total. The Balaban J connectivity index is 0.000000140. The highest BCUT2D eigenvalue weighted by molar-refractivity contribution is 14.1. The molecule has 0 atom stereocenters. The molecule has 17 heteroatoms. The number of rotatable bonds is 3. The lowest BCUT2D eigenvalue weighted by atomic mass is 10.1. The summed E-state index contributed by atoms with van der Waals surface area (Å²) in [4.78, 5) is 8.42. The van der Waals surface area contributed by atoms with Crippen LogP contribution in [0.15, 0.2) is 94.4 Å². The Morgan fingerprint density at radius 2 is 1.19 bits per heavy atom. The van der Waals surface area contributed by atoms with E-state index in [1.54, 1.807) is 39.4 Å². The Hall–Kier alpha value is -4.87. The third-order valence-corrected chi connectivity index (χ3v) is 7.91. The fraction of sp³-hybridized carbons (Fsp3) is 0.0323. The highest BCUT2D eigenvalue weighted by atomic mass is 127. The molecular formula is C31H17Cl2F4IN8O2. The largest absolute Gasteiger partial charge is 0.432 e. The Labute approximate surface area is 291 Å². The predicted molar refractivity (Wildman–Crippen MR) is 176 cm³/mol. The van der Waals surface area contributed by atoms with Gasteiger partial charge in [0, 0.05) is 35.7 Å². The second-order valence-corrected chi connectivity index (χ2v) is 11.5. The molecule has 48 heavy (non-hydrogen) atoms. The van der Waals surface area contributed by atoms with Crippen LogP contribution in [0.5, 0.6) is 0 Å². The van der Waals surface area contributed by atoms with Gasteiger partial charge in [0.15, 0.2) is 10.3 Å². The van der Waals surface area contributed by atoms with Crippen molar-refractivity contribution in [3.8, 4) is 33.9 Å². The molecule has 0 saturated heterocycles. The molecule has 2 aromatic carbocycles. The average molecular weight is 807 g/mol. The molecule has 0 aliphatic rings. The molecule has 242 valence electrons. The first-order valence-electron chi connectivity index (χ1n) is 13.5. The highest BCUT2D eigenvalue weighted by Crippen LogP contribution is 2.34. The summed E-state index contributed by atoms with van der Waals surface area (Å²) in [5, 5.41) is 15.8. The van der Waals surface area contributed by atoms with Crippen molar-refractivity contribution in [1.82, 2.24) is 39.2 Å². The van der Waals surface area contributed by atoms with Gasteiger partial charge in [0.1, 0.15) is 62.3 Å². The van der Waals surface area contributed by atoms with Gasteiger partial charge >= 0.3 is 11.7 Å². The first kappa shape index (κ1) is 33.0. The SMILES string of the molecule is Cc1ccc(Cl)nn1.Fc1ccc(-c2nc3occn3c2-c2ccc(Cl)nn2)c(F)c1.Fc1ccc(-c2nc3occn3c2I)c(F)c1. The minimum absolute atomic E-state index is 0.136. The highest BCUT2D eigenvalue weighted by Gasteiger charge is 2.22. The van der Waals surface area contributed by atoms with Crippen LogP contribution in [-0.2, 0) is 0 Å². The van der Waals surface area contributed by atoms with Gasteiger partial charge in [-0.25, -0.2) is 17.6 Å². The fourth-order valence-corrected chi connectivity index (χ4v) is 5.32. The number of hydrogen-bond acceptors (Lipinski definition) is 8. The van der Waals surface area contributed by atoms with E-state index in [2.05, 4.69) is 30.4 Å². The van der Waals surface area contributed by atoms with Crippen molar-refractivity contribution in [2.75, 3.05) is 0 Å². The minimum Gasteiger partial charge on any atom is -0.432 e. The third-order valence-electron chi connectivity index (χ3n) is 6.48. The quantitative estimate of drug-likeness (QED) is 0.129. The number of nitrogens with zero attached hydrogens (tertiary/aromatic N) is 8. The van der Waals surface area contributed by atoms with Gasteiger partial charge < -0.3 is 8.83 Å². The lowest BCUT2D eigenvalue weighted by molar-refractivity contribution is 0.584. The Kier molecular flexibility index (Phi) is 9.70. The number of aryl methyl sites for hydroxylation is 1. The fourth-order valence-electron chi connectivity index (χ4n) is 4.34. The number of fused-ring (bicyclic) bond motifs is 2. The van der Waals surface area contributed by atoms with Crippen LogP contribution in [0.3, 0.4) is 0 Å². The van der Waals surface area contributed by atoms with Gasteiger partial charge in [0.05, 0.1) is 5.69 Å². The zero-order valence-corrected chi connectivity index (χ0v) is 27.8. The molecule has 0 spiro atoms. The van der Waals surface area contributed by atoms with Gasteiger partial charge in [0.2, 0.25) is 0 Å². The van der Waals surface area contributed by atoms with E-state index in [9.17, 15) is 17.6 Å². The molecule has 0 fully saturated rings. The van der Waals surface area contributed by atoms with Gasteiger partial charge in [-0.3, -0.25) is 8.80 Å². The average Bonchev–Trinajstić information content (AvgIpc) is 3.84. The van der Waals surface area contributed by atoms with Gasteiger partial charge in [-0.2, -0.15) is 15.1 Å². The van der Waals surface area contributed by atoms with Crippen molar-refractivity contribution in [2.45, 2.75) is 6.92 Å². The molecule has 0 bridgehead atoms. The summed E-state index contributed by atoms with van der Waals surface area (Å²) < 4.78 is 68.1. The number of aromatic nitrogens is 8. The number of imidazole rings is 2. The van der Waals surface area contributed by atoms with Crippen molar-refractivity contribution >= 4 is 57.5 Å². The van der Waals surface area contributed by atoms with E-state index in [0.717, 1.165) is 27.6 Å². The maximum atomic E-state index is 14.2. The number of halogens is 7. The van der Waals surface area contributed by atoms with Gasteiger partial charge in [-0.1, -0.05) is 23.2 Å². The third kappa shape index (κ3) is 7.02. The van der Waals surface area contributed by atoms with Crippen LogP contribution in [0.25, 0.3) is 45.6 Å². The molecule has 8 aromatic rings. The Morgan fingerprint density at radius 3 is 1.71 bits per heavy atom. The second-order valence-electron chi connectivity index (χ2n) is 9.66. The summed E-state index contributed by atoms with van der Waals surface area (Å²) in [7, 11) is 0. The lowest BCUT2D eigenvalue weighted by Gasteiger charge is -2.04. The molecule has 8 rings (SSSR count). The van der Waals surface area contributed by atoms with Gasteiger partial charge in [-0.15, -0.1) is 15.3 Å². The molecular weight excluding hydrogens is 790 g/mol. The first-order chi connectivity index (χ1) is 23.1. The Bertz CT molecular complexity index is 2340. The van der Waals surface area contributed by atoms with Crippen molar-refractivity contribution in [3.05, 3.63) is 129 Å². The van der Waals surface area contributed by atoms with E-state index in [0.29, 0.717) is 28.1 Å². The smallest absolute Gasteiger partial charge is 0.307 e. The zero-order chi connectivity index (χ0) is 33.9. The molecule has 0 aliphatic heterocycles. The summed E-state index contributed by atoms with van der Waals surface area (Å²) in [5.74, 6) is -1.99. The molecule has 0 aliphatic carbocycles. The zero-order valence-electron chi connectivity index (χ0n) is 24.1. The Morgan fingerprint density at radius 1 is 0.646 bits per heavy atom. The van der Waals surface area contributed by atoms with Crippen LogP contribution < -0.4 is 0 Å². The molecule has 6 heterocycles. The van der Waals surface area contributed by atoms with Crippen molar-refractivity contribution in [3.63, 3.8) is 0 Å². The van der Waals surface area contributed by atoms with E-state index in [4.69, 9.17) is 32.0 Å². The summed E-state index contributed by atoms with van der Waals surface area (Å²) in [6.45, 7) is 1.86. The summed E-state index contributed by atoms with van der Waals surface area (Å²) in [5.41, 5.74) is 2.91. The standard InChI is InChI=1S/C15H7ClF2N4O.C11H5F2IN2O.C5H5ClN2/c16-12-4-3-11(20-21-12)14-13(19-15-22(14)5-6-23-15)9-2-1-8(17)7-10(9)18;12-6-1-2-7(8(13)5-6)9-10(14)16-3-4-17-11(16)15-9;1-4-2-3-5(6)8-7-4/h1-7H;1-5H;2-3H,1H3. The van der Waals surface area contributed by atoms with Crippen molar-refractivity contribution in [2.24, 2.45) is 0 Å². The van der Waals surface area contributed by atoms with Crippen LogP contribution in [0, 0.1) is 33.9 Å². The van der Waals surface area contributed by atoms with E-state index in [1.165, 1.54) is 30.7 Å². The van der Waals surface area contributed by atoms with Crippen LogP contribution in [0.2, 0.25) is 10.3 Å². The minimum atomic E-state index is -0.728. The van der Waals surface area contributed by atoms with Gasteiger partial charge in [-0.05, 0) is 78.0 Å². The topological polar surface area (TPSA) is 112 Å². The molecule has 0 amide bonds. The van der Waals surface area contributed by atoms with Crippen LogP contribution in [0.1, 0.15) is 5.69 Å². The number of oxazole rings is 2. The normalized spacial score (nSPS) is 10.9. The van der Waals surface area contributed by atoms with Crippen LogP contribution in [-0.4, -0.2) is 39.2 Å². The van der Waals surface area contributed by atoms with E-state index in [1.807, 2.05) is 35.6 Å². The van der Waals surface area contributed by atoms with E-state index in [-0.39, 0.29) is 27.8 Å².